The van der Waals surface area contributed by atoms with E-state index in [1.165, 1.54) is 6.07 Å². The third-order valence-electron chi connectivity index (χ3n) is 1.80. The van der Waals surface area contributed by atoms with E-state index in [9.17, 15) is 9.90 Å². The van der Waals surface area contributed by atoms with E-state index in [1.807, 2.05) is 0 Å². The van der Waals surface area contributed by atoms with Crippen molar-refractivity contribution in [3.63, 3.8) is 0 Å². The number of hydrogen-bond acceptors (Lipinski definition) is 2. The van der Waals surface area contributed by atoms with Gasteiger partial charge in [0.05, 0.1) is 0 Å². The fourth-order valence-corrected chi connectivity index (χ4v) is 1.27. The van der Waals surface area contributed by atoms with Gasteiger partial charge in [-0.25, -0.2) is 0 Å². The molecule has 0 fully saturated rings. The Bertz CT molecular complexity index is 303. The van der Waals surface area contributed by atoms with Crippen LogP contribution in [0.4, 0.5) is 0 Å². The molecule has 0 radical (unpaired) electrons. The molecule has 0 saturated carbocycles. The lowest BCUT2D eigenvalue weighted by atomic mass is 10.3. The molecule has 0 saturated heterocycles. The second-order valence-corrected chi connectivity index (χ2v) is 2.50. The third-order valence-corrected chi connectivity index (χ3v) is 1.80. The first kappa shape index (κ1) is 6.27. The van der Waals surface area contributed by atoms with Crippen LogP contribution in [0.3, 0.4) is 0 Å². The van der Waals surface area contributed by atoms with Crippen LogP contribution >= 0.6 is 0 Å². The molecular formula is C7H8N2O2. The molecule has 4 heteroatoms. The third kappa shape index (κ3) is 0.790. The minimum Gasteiger partial charge on any atom is -0.505 e. The van der Waals surface area contributed by atoms with Gasteiger partial charge in [-0.15, -0.1) is 0 Å². The quantitative estimate of drug-likeness (QED) is 0.547. The number of aromatic nitrogens is 1. The second kappa shape index (κ2) is 2.02. The predicted octanol–water partition coefficient (Wildman–Crippen LogP) is -0.0629. The molecule has 2 N–H and O–H groups in total. The van der Waals surface area contributed by atoms with E-state index < -0.39 is 0 Å². The van der Waals surface area contributed by atoms with Gasteiger partial charge in [-0.1, -0.05) is 0 Å². The van der Waals surface area contributed by atoms with Gasteiger partial charge in [0.25, 0.3) is 5.91 Å². The lowest BCUT2D eigenvalue weighted by Crippen LogP contribution is -2.34. The molecule has 1 aliphatic rings. The van der Waals surface area contributed by atoms with Gasteiger partial charge in [-0.2, -0.15) is 0 Å². The summed E-state index contributed by atoms with van der Waals surface area (Å²) in [5.41, 5.74) is 0.372. The Morgan fingerprint density at radius 2 is 2.45 bits per heavy atom. The summed E-state index contributed by atoms with van der Waals surface area (Å²) in [4.78, 5) is 11.1. The molecule has 2 heterocycles. The molecule has 0 atom stereocenters. The predicted molar refractivity (Wildman–Crippen MR) is 38.4 cm³/mol. The average molecular weight is 152 g/mol. The van der Waals surface area contributed by atoms with Crippen molar-refractivity contribution in [2.45, 2.75) is 6.54 Å². The summed E-state index contributed by atoms with van der Waals surface area (Å²) in [6, 6.07) is 1.53. The molecule has 1 aromatic rings. The van der Waals surface area contributed by atoms with Gasteiger partial charge in [0, 0.05) is 19.3 Å². The maximum atomic E-state index is 11.1. The summed E-state index contributed by atoms with van der Waals surface area (Å²) in [5, 5.41) is 11.8. The zero-order chi connectivity index (χ0) is 7.84. The summed E-state index contributed by atoms with van der Waals surface area (Å²) in [7, 11) is 0. The number of rotatable bonds is 0. The van der Waals surface area contributed by atoms with E-state index in [0.29, 0.717) is 12.2 Å². The van der Waals surface area contributed by atoms with Crippen LogP contribution in [0, 0.1) is 0 Å². The molecule has 4 nitrogen and oxygen atoms in total. The van der Waals surface area contributed by atoms with Crippen LogP contribution < -0.4 is 5.32 Å². The highest BCUT2D eigenvalue weighted by molar-refractivity contribution is 5.95. The van der Waals surface area contributed by atoms with Crippen LogP contribution in [0.15, 0.2) is 12.3 Å². The van der Waals surface area contributed by atoms with Crippen molar-refractivity contribution in [2.24, 2.45) is 0 Å². The molecule has 1 amide bonds. The van der Waals surface area contributed by atoms with Crippen molar-refractivity contribution < 1.29 is 9.90 Å². The SMILES string of the molecule is O=C1NCCn2ccc(O)c21. The van der Waals surface area contributed by atoms with Crippen LogP contribution in [0.5, 0.6) is 5.75 Å². The van der Waals surface area contributed by atoms with Crippen LogP contribution in [0.2, 0.25) is 0 Å². The van der Waals surface area contributed by atoms with Crippen molar-refractivity contribution in [1.29, 1.82) is 0 Å². The van der Waals surface area contributed by atoms with Crippen molar-refractivity contribution in [2.75, 3.05) is 6.54 Å². The van der Waals surface area contributed by atoms with E-state index in [0.717, 1.165) is 6.54 Å². The highest BCUT2D eigenvalue weighted by Crippen LogP contribution is 2.19. The van der Waals surface area contributed by atoms with E-state index in [1.54, 1.807) is 10.8 Å². The minimum absolute atomic E-state index is 0.0576. The number of carbonyl (C=O) groups excluding carboxylic acids is 1. The van der Waals surface area contributed by atoms with Crippen molar-refractivity contribution in [1.82, 2.24) is 9.88 Å². The average Bonchev–Trinajstić information content (AvgIpc) is 2.34. The Balaban J connectivity index is 2.56. The standard InChI is InChI=1S/C7H8N2O2/c10-5-1-3-9-4-2-8-7(11)6(5)9/h1,3,10H,2,4H2,(H,8,11). The summed E-state index contributed by atoms with van der Waals surface area (Å²) in [6.07, 6.45) is 1.71. The number of fused-ring (bicyclic) bond motifs is 1. The highest BCUT2D eigenvalue weighted by Gasteiger charge is 2.19. The molecule has 0 bridgehead atoms. The van der Waals surface area contributed by atoms with Crippen molar-refractivity contribution >= 4 is 5.91 Å². The van der Waals surface area contributed by atoms with Crippen LogP contribution in [0.25, 0.3) is 0 Å². The molecule has 0 aromatic carbocycles. The van der Waals surface area contributed by atoms with Crippen LogP contribution in [-0.4, -0.2) is 22.1 Å². The minimum atomic E-state index is -0.196. The van der Waals surface area contributed by atoms with E-state index in [2.05, 4.69) is 5.32 Å². The Morgan fingerprint density at radius 3 is 3.18 bits per heavy atom. The number of aromatic hydroxyl groups is 1. The Morgan fingerprint density at radius 1 is 1.64 bits per heavy atom. The smallest absolute Gasteiger partial charge is 0.271 e. The number of amides is 1. The van der Waals surface area contributed by atoms with Gasteiger partial charge in [-0.3, -0.25) is 4.79 Å². The Hall–Kier alpha value is -1.45. The number of carbonyl (C=O) groups is 1. The van der Waals surface area contributed by atoms with E-state index >= 15 is 0 Å². The first-order chi connectivity index (χ1) is 5.29. The van der Waals surface area contributed by atoms with Crippen LogP contribution in [-0.2, 0) is 6.54 Å². The topological polar surface area (TPSA) is 54.3 Å². The van der Waals surface area contributed by atoms with E-state index in [-0.39, 0.29) is 11.7 Å². The summed E-state index contributed by atoms with van der Waals surface area (Å²) in [5.74, 6) is -0.138. The molecule has 1 aromatic heterocycles. The maximum Gasteiger partial charge on any atom is 0.271 e. The van der Waals surface area contributed by atoms with Gasteiger partial charge in [0.2, 0.25) is 0 Å². The molecule has 11 heavy (non-hydrogen) atoms. The second-order valence-electron chi connectivity index (χ2n) is 2.50. The van der Waals surface area contributed by atoms with Crippen molar-refractivity contribution in [3.8, 4) is 5.75 Å². The summed E-state index contributed by atoms with van der Waals surface area (Å²) < 4.78 is 1.74. The van der Waals surface area contributed by atoms with Gasteiger partial charge in [0.15, 0.2) is 0 Å². The van der Waals surface area contributed by atoms with Gasteiger partial charge >= 0.3 is 0 Å². The summed E-state index contributed by atoms with van der Waals surface area (Å²) in [6.45, 7) is 1.38. The molecule has 0 spiro atoms. The van der Waals surface area contributed by atoms with Gasteiger partial charge in [-0.05, 0) is 6.07 Å². The number of nitrogens with one attached hydrogen (secondary N) is 1. The normalized spacial score (nSPS) is 15.8. The molecule has 2 rings (SSSR count). The molecule has 58 valence electrons. The monoisotopic (exact) mass is 152 g/mol. The largest absolute Gasteiger partial charge is 0.505 e. The Kier molecular flexibility index (Phi) is 1.15. The van der Waals surface area contributed by atoms with Crippen molar-refractivity contribution in [3.05, 3.63) is 18.0 Å². The highest BCUT2D eigenvalue weighted by atomic mass is 16.3. The maximum absolute atomic E-state index is 11.1. The van der Waals surface area contributed by atoms with Crippen LogP contribution in [0.1, 0.15) is 10.5 Å². The molecule has 0 aliphatic carbocycles. The first-order valence-electron chi connectivity index (χ1n) is 3.45. The molecule has 1 aliphatic heterocycles. The van der Waals surface area contributed by atoms with Gasteiger partial charge < -0.3 is 15.0 Å². The first-order valence-corrected chi connectivity index (χ1v) is 3.45. The van der Waals surface area contributed by atoms with E-state index in [4.69, 9.17) is 0 Å². The lowest BCUT2D eigenvalue weighted by molar-refractivity contribution is 0.0925. The zero-order valence-corrected chi connectivity index (χ0v) is 5.87. The lowest BCUT2D eigenvalue weighted by Gasteiger charge is -2.15. The zero-order valence-electron chi connectivity index (χ0n) is 5.87. The Labute approximate surface area is 63.4 Å². The van der Waals surface area contributed by atoms with Gasteiger partial charge in [0.1, 0.15) is 11.4 Å². The number of nitrogens with zero attached hydrogens (tertiary/aromatic N) is 1. The summed E-state index contributed by atoms with van der Waals surface area (Å²) >= 11 is 0. The molecule has 0 unspecified atom stereocenters. The fraction of sp³-hybridized carbons (Fsp3) is 0.286. The fourth-order valence-electron chi connectivity index (χ4n) is 1.27. The molecular weight excluding hydrogens is 144 g/mol. The number of hydrogen-bond donors (Lipinski definition) is 2.